The average molecular weight is 271 g/mol. The van der Waals surface area contributed by atoms with Crippen LogP contribution in [0.25, 0.3) is 0 Å². The second-order valence-corrected chi connectivity index (χ2v) is 4.90. The van der Waals surface area contributed by atoms with Crippen LogP contribution in [0.1, 0.15) is 11.1 Å². The van der Waals surface area contributed by atoms with Crippen molar-refractivity contribution in [2.24, 2.45) is 5.73 Å². The lowest BCUT2D eigenvalue weighted by molar-refractivity contribution is 0.322. The number of benzene rings is 2. The van der Waals surface area contributed by atoms with Gasteiger partial charge in [0, 0.05) is 12.8 Å². The molecule has 0 fully saturated rings. The van der Waals surface area contributed by atoms with Crippen molar-refractivity contribution in [1.29, 1.82) is 0 Å². The Hall–Kier alpha value is -1.87. The molecule has 0 saturated carbocycles. The summed E-state index contributed by atoms with van der Waals surface area (Å²) in [5.74, 6) is 0.877. The van der Waals surface area contributed by atoms with Crippen LogP contribution in [0.15, 0.2) is 54.6 Å². The predicted octanol–water partition coefficient (Wildman–Crippen LogP) is 3.14. The van der Waals surface area contributed by atoms with Gasteiger partial charge in [0.25, 0.3) is 0 Å². The summed E-state index contributed by atoms with van der Waals surface area (Å²) in [4.78, 5) is 0.512. The molecule has 0 radical (unpaired) electrons. The van der Waals surface area contributed by atoms with E-state index >= 15 is 0 Å². The van der Waals surface area contributed by atoms with E-state index in [0.29, 0.717) is 18.0 Å². The number of hydrogen-bond donors (Lipinski definition) is 1. The van der Waals surface area contributed by atoms with Gasteiger partial charge in [-0.1, -0.05) is 54.7 Å². The van der Waals surface area contributed by atoms with Crippen LogP contribution in [-0.2, 0) is 12.8 Å². The Kier molecular flexibility index (Phi) is 4.93. The summed E-state index contributed by atoms with van der Waals surface area (Å²) in [6, 6.07) is 18.2. The third-order valence-corrected chi connectivity index (χ3v) is 2.95. The molecule has 2 nitrogen and oxygen atoms in total. The van der Waals surface area contributed by atoms with Crippen LogP contribution in [0.4, 0.5) is 0 Å². The Balaban J connectivity index is 1.81. The van der Waals surface area contributed by atoms with Crippen LogP contribution >= 0.6 is 12.2 Å². The molecule has 2 aromatic rings. The van der Waals surface area contributed by atoms with Crippen LogP contribution in [0, 0.1) is 0 Å². The fourth-order valence-corrected chi connectivity index (χ4v) is 2.00. The maximum atomic E-state index is 5.71. The van der Waals surface area contributed by atoms with Crippen molar-refractivity contribution in [1.82, 2.24) is 0 Å². The molecule has 0 amide bonds. The van der Waals surface area contributed by atoms with Crippen LogP contribution in [0.2, 0.25) is 0 Å². The lowest BCUT2D eigenvalue weighted by Gasteiger charge is -2.07. The van der Waals surface area contributed by atoms with Gasteiger partial charge in [-0.25, -0.2) is 0 Å². The summed E-state index contributed by atoms with van der Waals surface area (Å²) < 4.78 is 5.71. The fraction of sp³-hybridized carbons (Fsp3) is 0.188. The normalized spacial score (nSPS) is 10.1. The molecule has 98 valence electrons. The standard InChI is InChI=1S/C16H17NOS/c17-16(19)12-14-6-8-15(9-7-14)18-11-10-13-4-2-1-3-5-13/h1-9H,10-12H2,(H2,17,19). The molecule has 0 spiro atoms. The first-order valence-electron chi connectivity index (χ1n) is 6.28. The summed E-state index contributed by atoms with van der Waals surface area (Å²) >= 11 is 4.88. The highest BCUT2D eigenvalue weighted by Crippen LogP contribution is 2.13. The van der Waals surface area contributed by atoms with E-state index in [0.717, 1.165) is 17.7 Å². The maximum absolute atomic E-state index is 5.71. The minimum Gasteiger partial charge on any atom is -0.493 e. The molecule has 3 heteroatoms. The number of hydrogen-bond acceptors (Lipinski definition) is 2. The van der Waals surface area contributed by atoms with E-state index in [2.05, 4.69) is 12.1 Å². The van der Waals surface area contributed by atoms with Gasteiger partial charge in [-0.05, 0) is 23.3 Å². The molecule has 0 aliphatic carbocycles. The summed E-state index contributed by atoms with van der Waals surface area (Å²) in [6.45, 7) is 0.679. The molecule has 0 aliphatic heterocycles. The lowest BCUT2D eigenvalue weighted by atomic mass is 10.1. The molecule has 0 saturated heterocycles. The predicted molar refractivity (Wildman–Crippen MR) is 82.6 cm³/mol. The van der Waals surface area contributed by atoms with Crippen molar-refractivity contribution in [2.45, 2.75) is 12.8 Å². The Bertz CT molecular complexity index is 522. The van der Waals surface area contributed by atoms with Gasteiger partial charge in [0.1, 0.15) is 5.75 Å². The molecule has 0 heterocycles. The highest BCUT2D eigenvalue weighted by Gasteiger charge is 1.98. The Morgan fingerprint density at radius 3 is 2.26 bits per heavy atom. The minimum atomic E-state index is 0.512. The fourth-order valence-electron chi connectivity index (χ4n) is 1.84. The second-order valence-electron chi connectivity index (χ2n) is 4.37. The van der Waals surface area contributed by atoms with Gasteiger partial charge in [-0.15, -0.1) is 0 Å². The lowest BCUT2D eigenvalue weighted by Crippen LogP contribution is -2.10. The van der Waals surface area contributed by atoms with E-state index in [4.69, 9.17) is 22.7 Å². The zero-order valence-corrected chi connectivity index (χ0v) is 11.5. The molecular formula is C16H17NOS. The molecule has 0 aromatic heterocycles. The number of nitrogens with two attached hydrogens (primary N) is 1. The van der Waals surface area contributed by atoms with E-state index in [1.165, 1.54) is 5.56 Å². The molecule has 2 N–H and O–H groups in total. The van der Waals surface area contributed by atoms with E-state index in [1.54, 1.807) is 0 Å². The van der Waals surface area contributed by atoms with E-state index in [1.807, 2.05) is 42.5 Å². The van der Waals surface area contributed by atoms with Crippen molar-refractivity contribution in [3.05, 3.63) is 65.7 Å². The smallest absolute Gasteiger partial charge is 0.119 e. The SMILES string of the molecule is NC(=S)Cc1ccc(OCCc2ccccc2)cc1. The van der Waals surface area contributed by atoms with E-state index < -0.39 is 0 Å². The summed E-state index contributed by atoms with van der Waals surface area (Å²) in [7, 11) is 0. The van der Waals surface area contributed by atoms with Crippen LogP contribution in [-0.4, -0.2) is 11.6 Å². The topological polar surface area (TPSA) is 35.2 Å². The largest absolute Gasteiger partial charge is 0.493 e. The first-order valence-corrected chi connectivity index (χ1v) is 6.69. The summed E-state index contributed by atoms with van der Waals surface area (Å²) in [5, 5.41) is 0. The van der Waals surface area contributed by atoms with Crippen LogP contribution in [0.5, 0.6) is 5.75 Å². The van der Waals surface area contributed by atoms with Crippen molar-refractivity contribution >= 4 is 17.2 Å². The molecular weight excluding hydrogens is 254 g/mol. The van der Waals surface area contributed by atoms with Gasteiger partial charge in [-0.2, -0.15) is 0 Å². The third kappa shape index (κ3) is 4.72. The monoisotopic (exact) mass is 271 g/mol. The van der Waals surface area contributed by atoms with Gasteiger partial charge in [-0.3, -0.25) is 0 Å². The molecule has 0 unspecified atom stereocenters. The first kappa shape index (κ1) is 13.6. The van der Waals surface area contributed by atoms with Gasteiger partial charge < -0.3 is 10.5 Å². The number of ether oxygens (including phenoxy) is 1. The van der Waals surface area contributed by atoms with Gasteiger partial charge in [0.15, 0.2) is 0 Å². The zero-order valence-electron chi connectivity index (χ0n) is 10.7. The van der Waals surface area contributed by atoms with Crippen LogP contribution < -0.4 is 10.5 Å². The Labute approximate surface area is 119 Å². The Morgan fingerprint density at radius 2 is 1.63 bits per heavy atom. The molecule has 0 bridgehead atoms. The first-order chi connectivity index (χ1) is 9.24. The zero-order chi connectivity index (χ0) is 13.5. The van der Waals surface area contributed by atoms with Gasteiger partial charge in [0.2, 0.25) is 0 Å². The number of rotatable bonds is 6. The maximum Gasteiger partial charge on any atom is 0.119 e. The van der Waals surface area contributed by atoms with E-state index in [9.17, 15) is 0 Å². The molecule has 0 aliphatic rings. The van der Waals surface area contributed by atoms with Gasteiger partial charge >= 0.3 is 0 Å². The molecule has 0 atom stereocenters. The second kappa shape index (κ2) is 6.90. The third-order valence-electron chi connectivity index (χ3n) is 2.80. The Morgan fingerprint density at radius 1 is 0.947 bits per heavy atom. The van der Waals surface area contributed by atoms with Crippen LogP contribution in [0.3, 0.4) is 0 Å². The average Bonchev–Trinajstić information content (AvgIpc) is 2.41. The minimum absolute atomic E-state index is 0.512. The summed E-state index contributed by atoms with van der Waals surface area (Å²) in [5.41, 5.74) is 7.91. The van der Waals surface area contributed by atoms with Crippen molar-refractivity contribution in [3.8, 4) is 5.75 Å². The van der Waals surface area contributed by atoms with Crippen molar-refractivity contribution in [3.63, 3.8) is 0 Å². The highest BCUT2D eigenvalue weighted by atomic mass is 32.1. The molecule has 19 heavy (non-hydrogen) atoms. The highest BCUT2D eigenvalue weighted by molar-refractivity contribution is 7.80. The van der Waals surface area contributed by atoms with E-state index in [-0.39, 0.29) is 0 Å². The molecule has 2 rings (SSSR count). The van der Waals surface area contributed by atoms with Crippen molar-refractivity contribution in [2.75, 3.05) is 6.61 Å². The van der Waals surface area contributed by atoms with Crippen molar-refractivity contribution < 1.29 is 4.74 Å². The summed E-state index contributed by atoms with van der Waals surface area (Å²) in [6.07, 6.45) is 1.55. The molecule has 2 aromatic carbocycles. The van der Waals surface area contributed by atoms with Gasteiger partial charge in [0.05, 0.1) is 11.6 Å². The number of thiocarbonyl (C=S) groups is 1. The quantitative estimate of drug-likeness (QED) is 0.820.